The Morgan fingerprint density at radius 3 is 1.55 bits per heavy atom. The average molecular weight is 766 g/mol. The molecule has 0 bridgehead atoms. The largest absolute Gasteiger partial charge is 0.456 e. The van der Waals surface area contributed by atoms with Gasteiger partial charge in [-0.15, -0.1) is 0 Å². The summed E-state index contributed by atoms with van der Waals surface area (Å²) in [6, 6.07) is 85.0. The Morgan fingerprint density at radius 1 is 0.283 bits per heavy atom. The lowest BCUT2D eigenvalue weighted by Gasteiger charge is -2.31. The molecule has 1 aromatic heterocycles. The van der Waals surface area contributed by atoms with Gasteiger partial charge >= 0.3 is 0 Å². The molecule has 0 saturated heterocycles. The van der Waals surface area contributed by atoms with Crippen LogP contribution in [0.4, 0.5) is 17.1 Å². The van der Waals surface area contributed by atoms with E-state index in [-0.39, 0.29) is 0 Å². The van der Waals surface area contributed by atoms with Crippen LogP contribution in [0.1, 0.15) is 0 Å². The van der Waals surface area contributed by atoms with Gasteiger partial charge in [-0.2, -0.15) is 0 Å². The summed E-state index contributed by atoms with van der Waals surface area (Å²) < 4.78 is 6.30. The molecular formula is C58H39NO. The Morgan fingerprint density at radius 2 is 0.800 bits per heavy atom. The van der Waals surface area contributed by atoms with Gasteiger partial charge in [-0.1, -0.05) is 188 Å². The fourth-order valence-electron chi connectivity index (χ4n) is 8.83. The molecule has 11 aromatic rings. The Bertz CT molecular complexity index is 3290. The Balaban J connectivity index is 1.13. The molecule has 1 heterocycles. The van der Waals surface area contributed by atoms with Crippen LogP contribution in [0.15, 0.2) is 241 Å². The number of hydrogen-bond donors (Lipinski definition) is 0. The maximum absolute atomic E-state index is 6.30. The van der Waals surface area contributed by atoms with Crippen LogP contribution in [0.3, 0.4) is 0 Å². The molecule has 0 saturated carbocycles. The standard InChI is InChI=1S/C58H39NO/c1-4-16-40(17-5-1)45-33-37-55(53(38-45)43-20-8-3-9-21-43)59(47-34-30-41(31-35-47)46-32-36-51-50-25-11-13-29-56(50)60-57(51)39-46)54-28-12-10-24-49(54)52-27-15-23-44-22-14-26-48(58(44)52)42-18-6-2-7-19-42/h1-39H. The fourth-order valence-corrected chi connectivity index (χ4v) is 8.83. The van der Waals surface area contributed by atoms with Gasteiger partial charge in [0.25, 0.3) is 0 Å². The summed E-state index contributed by atoms with van der Waals surface area (Å²) in [4.78, 5) is 2.45. The van der Waals surface area contributed by atoms with Crippen LogP contribution >= 0.6 is 0 Å². The first-order valence-corrected chi connectivity index (χ1v) is 20.5. The molecule has 0 aliphatic carbocycles. The Labute approximate surface area is 349 Å². The van der Waals surface area contributed by atoms with E-state index in [1.165, 1.54) is 38.6 Å². The third kappa shape index (κ3) is 6.32. The molecule has 11 rings (SSSR count). The molecule has 0 unspecified atom stereocenters. The highest BCUT2D eigenvalue weighted by Crippen LogP contribution is 2.48. The van der Waals surface area contributed by atoms with E-state index in [0.717, 1.165) is 66.8 Å². The summed E-state index contributed by atoms with van der Waals surface area (Å²) in [7, 11) is 0. The van der Waals surface area contributed by atoms with Gasteiger partial charge in [-0.3, -0.25) is 0 Å². The van der Waals surface area contributed by atoms with Gasteiger partial charge in [-0.25, -0.2) is 0 Å². The highest BCUT2D eigenvalue weighted by Gasteiger charge is 2.23. The van der Waals surface area contributed by atoms with Crippen LogP contribution in [0.5, 0.6) is 0 Å². The summed E-state index contributed by atoms with van der Waals surface area (Å²) in [6.07, 6.45) is 0. The van der Waals surface area contributed by atoms with Crippen LogP contribution in [0, 0.1) is 0 Å². The van der Waals surface area contributed by atoms with E-state index in [1.807, 2.05) is 12.1 Å². The molecule has 0 radical (unpaired) electrons. The van der Waals surface area contributed by atoms with Gasteiger partial charge in [0.05, 0.1) is 11.4 Å². The SMILES string of the molecule is c1ccc(-c2ccc(N(c3ccc(-c4ccc5c(c4)oc4ccccc45)cc3)c3ccccc3-c3cccc4cccc(-c5ccccc5)c34)c(-c3ccccc3)c2)cc1. The second-order valence-corrected chi connectivity index (χ2v) is 15.2. The first-order valence-electron chi connectivity index (χ1n) is 20.5. The van der Waals surface area contributed by atoms with Crippen molar-refractivity contribution in [1.29, 1.82) is 0 Å². The van der Waals surface area contributed by atoms with Gasteiger partial charge in [-0.05, 0) is 104 Å². The summed E-state index contributed by atoms with van der Waals surface area (Å²) in [6.45, 7) is 0. The minimum absolute atomic E-state index is 0.893. The lowest BCUT2D eigenvalue weighted by molar-refractivity contribution is 0.669. The first-order chi connectivity index (χ1) is 29.8. The van der Waals surface area contributed by atoms with Crippen molar-refractivity contribution in [2.45, 2.75) is 0 Å². The minimum atomic E-state index is 0.893. The molecule has 0 aliphatic rings. The molecule has 282 valence electrons. The van der Waals surface area contributed by atoms with E-state index in [1.54, 1.807) is 0 Å². The predicted molar refractivity (Wildman–Crippen MR) is 253 cm³/mol. The van der Waals surface area contributed by atoms with Crippen molar-refractivity contribution in [3.05, 3.63) is 237 Å². The van der Waals surface area contributed by atoms with Crippen molar-refractivity contribution in [2.75, 3.05) is 4.90 Å². The molecule has 0 aliphatic heterocycles. The third-order valence-corrected chi connectivity index (χ3v) is 11.7. The third-order valence-electron chi connectivity index (χ3n) is 11.7. The number of para-hydroxylation sites is 2. The van der Waals surface area contributed by atoms with E-state index >= 15 is 0 Å². The lowest BCUT2D eigenvalue weighted by atomic mass is 9.90. The van der Waals surface area contributed by atoms with E-state index in [9.17, 15) is 0 Å². The van der Waals surface area contributed by atoms with Crippen LogP contribution in [-0.2, 0) is 0 Å². The van der Waals surface area contributed by atoms with Gasteiger partial charge in [0.2, 0.25) is 0 Å². The van der Waals surface area contributed by atoms with E-state index in [2.05, 4.69) is 229 Å². The number of benzene rings is 10. The Kier molecular flexibility index (Phi) is 8.87. The maximum atomic E-state index is 6.30. The number of hydrogen-bond acceptors (Lipinski definition) is 2. The van der Waals surface area contributed by atoms with Crippen LogP contribution in [0.25, 0.3) is 88.3 Å². The highest BCUT2D eigenvalue weighted by molar-refractivity contribution is 6.09. The van der Waals surface area contributed by atoms with E-state index in [0.29, 0.717) is 0 Å². The molecular weight excluding hydrogens is 727 g/mol. The van der Waals surface area contributed by atoms with Crippen molar-refractivity contribution < 1.29 is 4.42 Å². The second-order valence-electron chi connectivity index (χ2n) is 15.2. The fraction of sp³-hybridized carbons (Fsp3) is 0. The molecule has 0 spiro atoms. The van der Waals surface area contributed by atoms with E-state index < -0.39 is 0 Å². The van der Waals surface area contributed by atoms with E-state index in [4.69, 9.17) is 4.42 Å². The smallest absolute Gasteiger partial charge is 0.136 e. The zero-order chi connectivity index (χ0) is 39.8. The molecule has 0 atom stereocenters. The first kappa shape index (κ1) is 35.2. The number of anilines is 3. The van der Waals surface area contributed by atoms with Gasteiger partial charge in [0, 0.05) is 27.6 Å². The Hall–Kier alpha value is -7.94. The van der Waals surface area contributed by atoms with Crippen LogP contribution in [0.2, 0.25) is 0 Å². The van der Waals surface area contributed by atoms with Gasteiger partial charge < -0.3 is 9.32 Å². The van der Waals surface area contributed by atoms with Crippen LogP contribution in [-0.4, -0.2) is 0 Å². The molecule has 10 aromatic carbocycles. The van der Waals surface area contributed by atoms with Crippen molar-refractivity contribution in [2.24, 2.45) is 0 Å². The molecule has 2 nitrogen and oxygen atoms in total. The van der Waals surface area contributed by atoms with Crippen LogP contribution < -0.4 is 4.90 Å². The van der Waals surface area contributed by atoms with Crippen molar-refractivity contribution in [3.63, 3.8) is 0 Å². The number of nitrogens with zero attached hydrogens (tertiary/aromatic N) is 1. The quantitative estimate of drug-likeness (QED) is 0.153. The van der Waals surface area contributed by atoms with Gasteiger partial charge in [0.1, 0.15) is 11.2 Å². The summed E-state index contributed by atoms with van der Waals surface area (Å²) in [5.74, 6) is 0. The lowest BCUT2D eigenvalue weighted by Crippen LogP contribution is -2.12. The molecule has 2 heteroatoms. The second kappa shape index (κ2) is 15.1. The summed E-state index contributed by atoms with van der Waals surface area (Å²) in [5, 5.41) is 4.71. The normalized spacial score (nSPS) is 11.3. The molecule has 60 heavy (non-hydrogen) atoms. The van der Waals surface area contributed by atoms with Gasteiger partial charge in [0.15, 0.2) is 0 Å². The molecule has 0 fully saturated rings. The highest BCUT2D eigenvalue weighted by atomic mass is 16.3. The average Bonchev–Trinajstić information content (AvgIpc) is 3.71. The summed E-state index contributed by atoms with van der Waals surface area (Å²) >= 11 is 0. The zero-order valence-corrected chi connectivity index (χ0v) is 32.9. The minimum Gasteiger partial charge on any atom is -0.456 e. The van der Waals surface area contributed by atoms with Crippen molar-refractivity contribution in [1.82, 2.24) is 0 Å². The topological polar surface area (TPSA) is 16.4 Å². The number of rotatable bonds is 8. The van der Waals surface area contributed by atoms with Crippen molar-refractivity contribution in [3.8, 4) is 55.6 Å². The number of fused-ring (bicyclic) bond motifs is 4. The molecule has 0 amide bonds. The predicted octanol–water partition coefficient (Wildman–Crippen LogP) is 16.5. The maximum Gasteiger partial charge on any atom is 0.136 e. The molecule has 0 N–H and O–H groups in total. The monoisotopic (exact) mass is 765 g/mol. The van der Waals surface area contributed by atoms with Crippen molar-refractivity contribution >= 4 is 49.8 Å². The zero-order valence-electron chi connectivity index (χ0n) is 32.9. The number of furan rings is 1. The summed E-state index contributed by atoms with van der Waals surface area (Å²) in [5.41, 5.74) is 16.7.